The van der Waals surface area contributed by atoms with Crippen molar-refractivity contribution in [3.05, 3.63) is 12.5 Å². The van der Waals surface area contributed by atoms with Gasteiger partial charge < -0.3 is 5.32 Å². The molecule has 0 spiro atoms. The summed E-state index contributed by atoms with van der Waals surface area (Å²) < 4.78 is 4.12. The summed E-state index contributed by atoms with van der Waals surface area (Å²) in [5.41, 5.74) is 0.759. The lowest BCUT2D eigenvalue weighted by atomic mass is 10.4. The number of nitrogens with one attached hydrogen (secondary N) is 1. The van der Waals surface area contributed by atoms with E-state index in [1.165, 1.54) is 17.9 Å². The van der Waals surface area contributed by atoms with Crippen LogP contribution in [0.4, 0.5) is 5.00 Å². The molecule has 0 aliphatic heterocycles. The molecule has 0 atom stereocenters. The number of anilines is 1. The fourth-order valence-corrected chi connectivity index (χ4v) is 1.53. The molecule has 0 aromatic carbocycles. The Morgan fingerprint density at radius 3 is 3.27 bits per heavy atom. The number of hydrogen-bond donors (Lipinski definition) is 1. The first-order valence-electron chi connectivity index (χ1n) is 3.15. The van der Waals surface area contributed by atoms with Crippen LogP contribution in [0.25, 0.3) is 11.0 Å². The number of fused-ring (bicyclic) bond motifs is 1. The normalized spacial score (nSPS) is 10.3. The van der Waals surface area contributed by atoms with E-state index in [2.05, 4.69) is 19.7 Å². The van der Waals surface area contributed by atoms with E-state index in [9.17, 15) is 0 Å². The second-order valence-corrected chi connectivity index (χ2v) is 2.80. The van der Waals surface area contributed by atoms with Gasteiger partial charge in [-0.05, 0) is 11.5 Å². The monoisotopic (exact) mass is 166 g/mol. The molecule has 0 saturated carbocycles. The van der Waals surface area contributed by atoms with E-state index in [4.69, 9.17) is 0 Å². The highest BCUT2D eigenvalue weighted by molar-refractivity contribution is 7.11. The van der Waals surface area contributed by atoms with E-state index in [0.717, 1.165) is 16.0 Å². The van der Waals surface area contributed by atoms with Gasteiger partial charge >= 0.3 is 0 Å². The molecule has 2 aromatic rings. The summed E-state index contributed by atoms with van der Waals surface area (Å²) in [7, 11) is 1.86. The zero-order chi connectivity index (χ0) is 7.68. The van der Waals surface area contributed by atoms with Crippen LogP contribution in [0.5, 0.6) is 0 Å². The third-order valence-corrected chi connectivity index (χ3v) is 2.26. The maximum Gasteiger partial charge on any atom is 0.178 e. The molecule has 0 aliphatic carbocycles. The first-order chi connectivity index (χ1) is 5.42. The number of nitrogens with zero attached hydrogens (tertiary/aromatic N) is 3. The van der Waals surface area contributed by atoms with Crippen molar-refractivity contribution in [3.8, 4) is 0 Å². The molecule has 0 unspecified atom stereocenters. The third-order valence-electron chi connectivity index (χ3n) is 1.39. The molecule has 0 radical (unpaired) electrons. The standard InChI is InChI=1S/C6H6N4S/c1-7-6-4-2-8-3-9-5(4)10-11-6/h2-3,7H,1H3. The average molecular weight is 166 g/mol. The smallest absolute Gasteiger partial charge is 0.178 e. The zero-order valence-electron chi connectivity index (χ0n) is 5.90. The second kappa shape index (κ2) is 2.43. The van der Waals surface area contributed by atoms with Crippen LogP contribution in [0.15, 0.2) is 12.5 Å². The Hall–Kier alpha value is -1.23. The Bertz CT molecular complexity index is 369. The fourth-order valence-electron chi connectivity index (χ4n) is 0.874. The molecule has 0 amide bonds. The molecule has 0 bridgehead atoms. The minimum atomic E-state index is 0.759. The lowest BCUT2D eigenvalue weighted by Crippen LogP contribution is -1.84. The van der Waals surface area contributed by atoms with Crippen LogP contribution in [-0.2, 0) is 0 Å². The lowest BCUT2D eigenvalue weighted by molar-refractivity contribution is 1.21. The van der Waals surface area contributed by atoms with E-state index in [1.807, 2.05) is 7.05 Å². The minimum Gasteiger partial charge on any atom is -0.378 e. The molecule has 2 heterocycles. The Balaban J connectivity index is 2.76. The molecule has 0 saturated heterocycles. The van der Waals surface area contributed by atoms with Crippen molar-refractivity contribution >= 4 is 27.6 Å². The Morgan fingerprint density at radius 1 is 1.55 bits per heavy atom. The topological polar surface area (TPSA) is 50.7 Å². The van der Waals surface area contributed by atoms with Crippen LogP contribution < -0.4 is 5.32 Å². The third kappa shape index (κ3) is 0.932. The molecule has 11 heavy (non-hydrogen) atoms. The molecule has 4 nitrogen and oxygen atoms in total. The van der Waals surface area contributed by atoms with Crippen LogP contribution in [0.1, 0.15) is 0 Å². The van der Waals surface area contributed by atoms with Gasteiger partial charge in [0.1, 0.15) is 11.3 Å². The lowest BCUT2D eigenvalue weighted by Gasteiger charge is -1.90. The van der Waals surface area contributed by atoms with Gasteiger partial charge in [-0.3, -0.25) is 0 Å². The van der Waals surface area contributed by atoms with Crippen molar-refractivity contribution in [3.63, 3.8) is 0 Å². The molecule has 1 N–H and O–H groups in total. The van der Waals surface area contributed by atoms with E-state index in [0.29, 0.717) is 0 Å². The van der Waals surface area contributed by atoms with E-state index in [-0.39, 0.29) is 0 Å². The minimum absolute atomic E-state index is 0.759. The highest BCUT2D eigenvalue weighted by Gasteiger charge is 2.03. The van der Waals surface area contributed by atoms with Crippen molar-refractivity contribution in [1.29, 1.82) is 0 Å². The van der Waals surface area contributed by atoms with E-state index >= 15 is 0 Å². The van der Waals surface area contributed by atoms with Crippen LogP contribution in [-0.4, -0.2) is 21.4 Å². The SMILES string of the molecule is CNc1snc2ncncc12. The molecule has 2 rings (SSSR count). The quantitative estimate of drug-likeness (QED) is 0.690. The summed E-state index contributed by atoms with van der Waals surface area (Å²) >= 11 is 1.40. The molecule has 0 fully saturated rings. The first kappa shape index (κ1) is 6.48. The fraction of sp³-hybridized carbons (Fsp3) is 0.167. The largest absolute Gasteiger partial charge is 0.378 e. The van der Waals surface area contributed by atoms with Crippen LogP contribution >= 0.6 is 11.5 Å². The Kier molecular flexibility index (Phi) is 1.43. The van der Waals surface area contributed by atoms with Crippen molar-refractivity contribution < 1.29 is 0 Å². The van der Waals surface area contributed by atoms with Gasteiger partial charge in [-0.2, -0.15) is 4.37 Å². The van der Waals surface area contributed by atoms with Gasteiger partial charge in [0.2, 0.25) is 0 Å². The van der Waals surface area contributed by atoms with Crippen molar-refractivity contribution in [2.45, 2.75) is 0 Å². The van der Waals surface area contributed by atoms with Gasteiger partial charge in [0.15, 0.2) is 5.65 Å². The van der Waals surface area contributed by atoms with Crippen LogP contribution in [0.3, 0.4) is 0 Å². The predicted octanol–water partition coefficient (Wildman–Crippen LogP) is 1.13. The van der Waals surface area contributed by atoms with Gasteiger partial charge in [0.05, 0.1) is 5.39 Å². The summed E-state index contributed by atoms with van der Waals surface area (Å²) in [5.74, 6) is 0. The predicted molar refractivity (Wildman–Crippen MR) is 44.8 cm³/mol. The summed E-state index contributed by atoms with van der Waals surface area (Å²) in [5, 5.41) is 5.03. The molecular formula is C6H6N4S. The van der Waals surface area contributed by atoms with Crippen LogP contribution in [0.2, 0.25) is 0 Å². The Morgan fingerprint density at radius 2 is 2.45 bits per heavy atom. The van der Waals surface area contributed by atoms with Crippen molar-refractivity contribution in [2.24, 2.45) is 0 Å². The van der Waals surface area contributed by atoms with Crippen molar-refractivity contribution in [1.82, 2.24) is 14.3 Å². The summed E-state index contributed by atoms with van der Waals surface area (Å²) in [6.45, 7) is 0. The van der Waals surface area contributed by atoms with Gasteiger partial charge in [0.25, 0.3) is 0 Å². The number of aromatic nitrogens is 3. The highest BCUT2D eigenvalue weighted by Crippen LogP contribution is 2.23. The summed E-state index contributed by atoms with van der Waals surface area (Å²) in [6, 6.07) is 0. The van der Waals surface area contributed by atoms with E-state index in [1.54, 1.807) is 6.20 Å². The maximum atomic E-state index is 4.12. The van der Waals surface area contributed by atoms with Gasteiger partial charge in [0, 0.05) is 13.2 Å². The number of hydrogen-bond acceptors (Lipinski definition) is 5. The van der Waals surface area contributed by atoms with E-state index < -0.39 is 0 Å². The second-order valence-electron chi connectivity index (χ2n) is 2.02. The highest BCUT2D eigenvalue weighted by atomic mass is 32.1. The zero-order valence-corrected chi connectivity index (χ0v) is 6.72. The summed E-state index contributed by atoms with van der Waals surface area (Å²) in [6.07, 6.45) is 3.26. The molecule has 56 valence electrons. The average Bonchev–Trinajstić information content (AvgIpc) is 2.47. The molecule has 2 aromatic heterocycles. The van der Waals surface area contributed by atoms with Crippen LogP contribution in [0, 0.1) is 0 Å². The first-order valence-corrected chi connectivity index (χ1v) is 3.92. The summed E-state index contributed by atoms with van der Waals surface area (Å²) in [4.78, 5) is 7.91. The van der Waals surface area contributed by atoms with Crippen molar-refractivity contribution in [2.75, 3.05) is 12.4 Å². The van der Waals surface area contributed by atoms with Gasteiger partial charge in [-0.25, -0.2) is 9.97 Å². The molecule has 5 heteroatoms. The molecular weight excluding hydrogens is 160 g/mol. The Labute approximate surface area is 67.5 Å². The number of rotatable bonds is 1. The molecule has 0 aliphatic rings. The maximum absolute atomic E-state index is 4.12. The van der Waals surface area contributed by atoms with Gasteiger partial charge in [-0.1, -0.05) is 0 Å². The van der Waals surface area contributed by atoms with Gasteiger partial charge in [-0.15, -0.1) is 0 Å².